The zero-order chi connectivity index (χ0) is 27.9. The molecule has 0 unspecified atom stereocenters. The Kier molecular flexibility index (Phi) is 9.69. The predicted octanol–water partition coefficient (Wildman–Crippen LogP) is 4.75. The van der Waals surface area contributed by atoms with Gasteiger partial charge in [0.15, 0.2) is 0 Å². The van der Waals surface area contributed by atoms with E-state index in [0.29, 0.717) is 12.2 Å². The molecule has 7 nitrogen and oxygen atoms in total. The molecule has 0 fully saturated rings. The molecule has 3 rings (SSSR count). The van der Waals surface area contributed by atoms with Gasteiger partial charge >= 0.3 is 0 Å². The number of rotatable bonds is 11. The van der Waals surface area contributed by atoms with E-state index in [1.807, 2.05) is 58.0 Å². The van der Waals surface area contributed by atoms with Gasteiger partial charge in [-0.15, -0.1) is 0 Å². The number of benzene rings is 3. The second kappa shape index (κ2) is 12.7. The molecule has 38 heavy (non-hydrogen) atoms. The lowest BCUT2D eigenvalue weighted by atomic mass is 10.1. The number of hydrogen-bond donors (Lipinski definition) is 1. The minimum Gasteiger partial charge on any atom is -0.354 e. The Labute approximate surface area is 226 Å². The molecular weight excluding hydrogens is 498 g/mol. The average Bonchev–Trinajstić information content (AvgIpc) is 2.91. The van der Waals surface area contributed by atoms with Crippen LogP contribution in [0.1, 0.15) is 42.5 Å². The highest BCUT2D eigenvalue weighted by Gasteiger charge is 2.33. The van der Waals surface area contributed by atoms with Gasteiger partial charge in [0.2, 0.25) is 11.8 Å². The molecule has 0 radical (unpaired) electrons. The fourth-order valence-corrected chi connectivity index (χ4v) is 5.68. The van der Waals surface area contributed by atoms with Crippen LogP contribution in [0, 0.1) is 20.8 Å². The second-order valence-electron chi connectivity index (χ2n) is 9.46. The van der Waals surface area contributed by atoms with Crippen LogP contribution in [0.4, 0.5) is 5.69 Å². The van der Waals surface area contributed by atoms with Crippen molar-refractivity contribution in [2.24, 2.45) is 0 Å². The van der Waals surface area contributed by atoms with Crippen molar-refractivity contribution < 1.29 is 18.0 Å². The van der Waals surface area contributed by atoms with E-state index in [9.17, 15) is 18.0 Å². The van der Waals surface area contributed by atoms with Gasteiger partial charge < -0.3 is 10.2 Å². The van der Waals surface area contributed by atoms with E-state index in [4.69, 9.17) is 0 Å². The second-order valence-corrected chi connectivity index (χ2v) is 11.3. The first-order valence-corrected chi connectivity index (χ1v) is 14.3. The summed E-state index contributed by atoms with van der Waals surface area (Å²) in [5, 5.41) is 2.86. The third-order valence-corrected chi connectivity index (χ3v) is 8.55. The average molecular weight is 536 g/mol. The molecule has 3 aromatic rings. The normalized spacial score (nSPS) is 12.0. The lowest BCUT2D eigenvalue weighted by molar-refractivity contribution is -0.139. The molecule has 2 amide bonds. The number of anilines is 1. The maximum atomic E-state index is 14.0. The summed E-state index contributed by atoms with van der Waals surface area (Å²) in [6.07, 6.45) is 0.764. The molecule has 3 aromatic carbocycles. The number of carbonyl (C=O) groups excluding carboxylic acids is 2. The smallest absolute Gasteiger partial charge is 0.264 e. The van der Waals surface area contributed by atoms with Gasteiger partial charge in [-0.25, -0.2) is 8.42 Å². The Morgan fingerprint density at radius 3 is 2.16 bits per heavy atom. The van der Waals surface area contributed by atoms with Crippen LogP contribution in [-0.2, 0) is 26.2 Å². The van der Waals surface area contributed by atoms with E-state index < -0.39 is 28.5 Å². The van der Waals surface area contributed by atoms with Crippen molar-refractivity contribution in [3.05, 3.63) is 95.1 Å². The molecule has 0 saturated carbocycles. The summed E-state index contributed by atoms with van der Waals surface area (Å²) in [7, 11) is -4.08. The monoisotopic (exact) mass is 535 g/mol. The third kappa shape index (κ3) is 6.61. The molecular formula is C30H37N3O4S. The summed E-state index contributed by atoms with van der Waals surface area (Å²) in [6.45, 7) is 9.55. The van der Waals surface area contributed by atoms with Crippen molar-refractivity contribution in [2.75, 3.05) is 17.4 Å². The van der Waals surface area contributed by atoms with Crippen molar-refractivity contribution in [1.82, 2.24) is 10.2 Å². The largest absolute Gasteiger partial charge is 0.354 e. The number of carbonyl (C=O) groups is 2. The summed E-state index contributed by atoms with van der Waals surface area (Å²) in [5.41, 5.74) is 3.97. The Morgan fingerprint density at radius 1 is 0.868 bits per heavy atom. The minimum absolute atomic E-state index is 0.0906. The zero-order valence-electron chi connectivity index (χ0n) is 22.8. The van der Waals surface area contributed by atoms with Gasteiger partial charge in [0.25, 0.3) is 10.0 Å². The maximum absolute atomic E-state index is 14.0. The van der Waals surface area contributed by atoms with Gasteiger partial charge in [0.1, 0.15) is 12.6 Å². The van der Waals surface area contributed by atoms with Crippen molar-refractivity contribution in [3.63, 3.8) is 0 Å². The topological polar surface area (TPSA) is 86.8 Å². The standard InChI is InChI=1S/C30H37N3O4S/c1-6-19-31-30(35)25(5)32(20-26-15-11-10-13-23(26)3)29(34)21-33(28-18-12-14-22(2)24(28)4)38(36,37)27-16-8-7-9-17-27/h7-18,25H,6,19-21H2,1-5H3,(H,31,35)/t25-/m0/s1. The molecule has 0 aliphatic heterocycles. The lowest BCUT2D eigenvalue weighted by Gasteiger charge is -2.33. The lowest BCUT2D eigenvalue weighted by Crippen LogP contribution is -2.51. The summed E-state index contributed by atoms with van der Waals surface area (Å²) in [6, 6.07) is 20.3. The van der Waals surface area contributed by atoms with Gasteiger partial charge in [-0.1, -0.05) is 61.5 Å². The van der Waals surface area contributed by atoms with Gasteiger partial charge in [-0.2, -0.15) is 0 Å². The van der Waals surface area contributed by atoms with Crippen LogP contribution >= 0.6 is 0 Å². The summed E-state index contributed by atoms with van der Waals surface area (Å²) >= 11 is 0. The van der Waals surface area contributed by atoms with Crippen LogP contribution in [0.5, 0.6) is 0 Å². The number of amides is 2. The summed E-state index contributed by atoms with van der Waals surface area (Å²) in [4.78, 5) is 28.5. The van der Waals surface area contributed by atoms with E-state index in [2.05, 4.69) is 5.32 Å². The molecule has 8 heteroatoms. The van der Waals surface area contributed by atoms with Gasteiger partial charge in [-0.3, -0.25) is 13.9 Å². The first-order chi connectivity index (χ1) is 18.1. The predicted molar refractivity (Wildman–Crippen MR) is 151 cm³/mol. The van der Waals surface area contributed by atoms with Crippen molar-refractivity contribution in [1.29, 1.82) is 0 Å². The number of nitrogens with zero attached hydrogens (tertiary/aromatic N) is 2. The third-order valence-electron chi connectivity index (χ3n) is 6.77. The Hall–Kier alpha value is -3.65. The van der Waals surface area contributed by atoms with Crippen LogP contribution in [0.3, 0.4) is 0 Å². The fourth-order valence-electron chi connectivity index (χ4n) is 4.19. The Morgan fingerprint density at radius 2 is 1.50 bits per heavy atom. The van der Waals surface area contributed by atoms with Crippen molar-refractivity contribution >= 4 is 27.5 Å². The van der Waals surface area contributed by atoms with Gasteiger partial charge in [-0.05, 0) is 74.6 Å². The van der Waals surface area contributed by atoms with Crippen LogP contribution < -0.4 is 9.62 Å². The molecule has 1 N–H and O–H groups in total. The van der Waals surface area contributed by atoms with E-state index in [1.165, 1.54) is 17.0 Å². The first kappa shape index (κ1) is 28.9. The number of hydrogen-bond acceptors (Lipinski definition) is 4. The Balaban J connectivity index is 2.06. The van der Waals surface area contributed by atoms with E-state index in [0.717, 1.165) is 33.0 Å². The minimum atomic E-state index is -4.08. The van der Waals surface area contributed by atoms with E-state index >= 15 is 0 Å². The van der Waals surface area contributed by atoms with Crippen molar-refractivity contribution in [3.8, 4) is 0 Å². The van der Waals surface area contributed by atoms with Crippen LogP contribution in [0.25, 0.3) is 0 Å². The Bertz CT molecular complexity index is 1370. The number of sulfonamides is 1. The molecule has 0 heterocycles. The van der Waals surface area contributed by atoms with Crippen molar-refractivity contribution in [2.45, 2.75) is 58.5 Å². The fraction of sp³-hybridized carbons (Fsp3) is 0.333. The van der Waals surface area contributed by atoms with E-state index in [1.54, 1.807) is 37.3 Å². The van der Waals surface area contributed by atoms with Crippen LogP contribution in [0.15, 0.2) is 77.7 Å². The quantitative estimate of drug-likeness (QED) is 0.384. The molecule has 0 aliphatic carbocycles. The molecule has 0 aliphatic rings. The maximum Gasteiger partial charge on any atom is 0.264 e. The van der Waals surface area contributed by atoms with Crippen LogP contribution in [-0.4, -0.2) is 44.3 Å². The highest BCUT2D eigenvalue weighted by atomic mass is 32.2. The SMILES string of the molecule is CCCNC(=O)[C@H](C)N(Cc1ccccc1C)C(=O)CN(c1cccc(C)c1C)S(=O)(=O)c1ccccc1. The first-order valence-electron chi connectivity index (χ1n) is 12.8. The van der Waals surface area contributed by atoms with Crippen LogP contribution in [0.2, 0.25) is 0 Å². The molecule has 0 aromatic heterocycles. The molecule has 0 spiro atoms. The highest BCUT2D eigenvalue weighted by molar-refractivity contribution is 7.92. The molecule has 0 bridgehead atoms. The number of aryl methyl sites for hydroxylation is 2. The molecule has 1 atom stereocenters. The van der Waals surface area contributed by atoms with E-state index in [-0.39, 0.29) is 17.3 Å². The number of nitrogens with one attached hydrogen (secondary N) is 1. The summed E-state index contributed by atoms with van der Waals surface area (Å²) < 4.78 is 28.9. The van der Waals surface area contributed by atoms with Gasteiger partial charge in [0, 0.05) is 13.1 Å². The zero-order valence-corrected chi connectivity index (χ0v) is 23.6. The molecule has 202 valence electrons. The molecule has 0 saturated heterocycles. The highest BCUT2D eigenvalue weighted by Crippen LogP contribution is 2.29. The summed E-state index contributed by atoms with van der Waals surface area (Å²) in [5.74, 6) is -0.745. The van der Waals surface area contributed by atoms with Gasteiger partial charge in [0.05, 0.1) is 10.6 Å².